The Labute approximate surface area is 652 Å². The van der Waals surface area contributed by atoms with Gasteiger partial charge in [-0.05, 0) is 310 Å². The molecule has 0 aliphatic carbocycles. The molecule has 8 aromatic rings. The number of phenolic OH excluding ortho intramolecular Hbond substituents is 8. The van der Waals surface area contributed by atoms with Crippen LogP contribution in [0.3, 0.4) is 0 Å². The molecular formula is C94H116O16. The van der Waals surface area contributed by atoms with Crippen LogP contribution in [0.1, 0.15) is 163 Å². The van der Waals surface area contributed by atoms with Crippen molar-refractivity contribution in [1.82, 2.24) is 0 Å². The van der Waals surface area contributed by atoms with Gasteiger partial charge in [0.1, 0.15) is 13.2 Å². The van der Waals surface area contributed by atoms with Crippen LogP contribution in [0.5, 0.6) is 92.0 Å². The molecule has 16 heteroatoms. The van der Waals surface area contributed by atoms with Gasteiger partial charge in [-0.1, -0.05) is 112 Å². The van der Waals surface area contributed by atoms with E-state index >= 15 is 0 Å². The molecule has 0 spiro atoms. The molecule has 8 N–H and O–H groups in total. The van der Waals surface area contributed by atoms with Gasteiger partial charge in [0.2, 0.25) is 0 Å². The minimum atomic E-state index is 0.128. The predicted octanol–water partition coefficient (Wildman–Crippen LogP) is 22.9. The molecule has 0 saturated carbocycles. The number of ether oxygens (including phenoxy) is 8. The van der Waals surface area contributed by atoms with E-state index in [0.29, 0.717) is 83.9 Å². The second-order valence-corrected chi connectivity index (χ2v) is 26.3. The first kappa shape index (κ1) is 89.1. The smallest absolute Gasteiger partial charge is 0.168 e. The van der Waals surface area contributed by atoms with Gasteiger partial charge >= 0.3 is 0 Å². The maximum Gasteiger partial charge on any atom is 0.168 e. The highest BCUT2D eigenvalue weighted by molar-refractivity contribution is 5.48. The fourth-order valence-corrected chi connectivity index (χ4v) is 11.0. The van der Waals surface area contributed by atoms with Crippen LogP contribution in [0.4, 0.5) is 0 Å². The Morgan fingerprint density at radius 3 is 0.727 bits per heavy atom. The van der Waals surface area contributed by atoms with E-state index in [4.69, 9.17) is 37.9 Å². The van der Waals surface area contributed by atoms with Crippen molar-refractivity contribution in [3.63, 3.8) is 0 Å². The van der Waals surface area contributed by atoms with Crippen molar-refractivity contribution >= 4 is 0 Å². The summed E-state index contributed by atoms with van der Waals surface area (Å²) in [6, 6.07) is 44.3. The molecule has 0 unspecified atom stereocenters. The summed E-state index contributed by atoms with van der Waals surface area (Å²) in [5.74, 6) is 6.21. The zero-order valence-electron chi connectivity index (χ0n) is 65.3. The van der Waals surface area contributed by atoms with E-state index in [-0.39, 0.29) is 46.0 Å². The Hall–Kier alpha value is -11.5. The lowest BCUT2D eigenvalue weighted by Crippen LogP contribution is -1.97. The second-order valence-electron chi connectivity index (χ2n) is 26.3. The Kier molecular flexibility index (Phi) is 41.9. The van der Waals surface area contributed by atoms with Crippen molar-refractivity contribution in [3.8, 4) is 92.0 Å². The molecule has 0 atom stereocenters. The van der Waals surface area contributed by atoms with Gasteiger partial charge in [0.05, 0.1) is 37.3 Å². The van der Waals surface area contributed by atoms with E-state index in [0.717, 1.165) is 173 Å². The van der Waals surface area contributed by atoms with Crippen molar-refractivity contribution in [2.24, 2.45) is 0 Å². The van der Waals surface area contributed by atoms with Gasteiger partial charge in [-0.3, -0.25) is 0 Å². The van der Waals surface area contributed by atoms with Crippen LogP contribution in [0.2, 0.25) is 0 Å². The highest BCUT2D eigenvalue weighted by atomic mass is 16.5. The van der Waals surface area contributed by atoms with E-state index < -0.39 is 0 Å². The molecule has 0 aromatic heterocycles. The fraction of sp³-hybridized carbons (Fsp3) is 0.319. The summed E-state index contributed by atoms with van der Waals surface area (Å²) in [7, 11) is 0. The molecule has 0 radical (unpaired) electrons. The quantitative estimate of drug-likeness (QED) is 0.0101. The van der Waals surface area contributed by atoms with Gasteiger partial charge in [0.15, 0.2) is 92.0 Å². The van der Waals surface area contributed by atoms with E-state index in [1.807, 2.05) is 137 Å². The van der Waals surface area contributed by atoms with Crippen LogP contribution in [0, 0.1) is 0 Å². The molecule has 0 heterocycles. The van der Waals surface area contributed by atoms with Gasteiger partial charge in [-0.2, -0.15) is 0 Å². The monoisotopic (exact) mass is 1500 g/mol. The zero-order valence-corrected chi connectivity index (χ0v) is 65.3. The largest absolute Gasteiger partial charge is 0.504 e. The van der Waals surface area contributed by atoms with Crippen molar-refractivity contribution in [2.45, 2.75) is 170 Å². The van der Waals surface area contributed by atoms with E-state index in [1.165, 1.54) is 0 Å². The zero-order chi connectivity index (χ0) is 79.7. The lowest BCUT2D eigenvalue weighted by Gasteiger charge is -2.10. The molecule has 0 aliphatic heterocycles. The van der Waals surface area contributed by atoms with Crippen LogP contribution in [0.15, 0.2) is 245 Å². The first-order valence-corrected chi connectivity index (χ1v) is 38.1. The number of aromatic hydroxyl groups is 8. The van der Waals surface area contributed by atoms with Gasteiger partial charge in [0.25, 0.3) is 0 Å². The maximum absolute atomic E-state index is 10.1. The van der Waals surface area contributed by atoms with Crippen molar-refractivity contribution in [2.75, 3.05) is 26.4 Å². The van der Waals surface area contributed by atoms with E-state index in [9.17, 15) is 40.9 Å². The summed E-state index contributed by atoms with van der Waals surface area (Å²) in [6.07, 6.45) is 36.4. The van der Waals surface area contributed by atoms with Crippen LogP contribution < -0.4 is 37.9 Å². The SMILES string of the molecule is C=C(C)Oc1ccc(CCCCc2ccc(OC(=C)C)c(O)c2)cc1O.C=CCCOc1ccc(CCCCc2ccc(OCCC=C)c(O)c2)cc1O.CC=CCOc1ccc(CCCCc2ccc(OCC=CC)c(O)c2)cc1O.CCC=COc1ccc(CCCCc2ccc(OC=CCC)c(O)c2)cc1O. The first-order valence-electron chi connectivity index (χ1n) is 38.1. The number of rotatable bonds is 44. The Morgan fingerprint density at radius 2 is 0.527 bits per heavy atom. The minimum absolute atomic E-state index is 0.128. The highest BCUT2D eigenvalue weighted by Gasteiger charge is 2.13. The molecule has 8 rings (SSSR count). The average Bonchev–Trinajstić information content (AvgIpc) is 0.896. The van der Waals surface area contributed by atoms with Gasteiger partial charge in [0, 0.05) is 0 Å². The summed E-state index contributed by atoms with van der Waals surface area (Å²) in [5, 5.41) is 80.3. The van der Waals surface area contributed by atoms with Crippen LogP contribution in [-0.2, 0) is 51.4 Å². The Balaban J connectivity index is 0.000000263. The van der Waals surface area contributed by atoms with E-state index in [2.05, 4.69) is 26.3 Å². The number of hydrogen-bond acceptors (Lipinski definition) is 16. The second kappa shape index (κ2) is 51.7. The third kappa shape index (κ3) is 35.0. The first-order chi connectivity index (χ1) is 53.2. The number of hydrogen-bond donors (Lipinski definition) is 8. The number of unbranched alkanes of at least 4 members (excludes halogenated alkanes) is 4. The molecule has 0 bridgehead atoms. The summed E-state index contributed by atoms with van der Waals surface area (Å²) in [4.78, 5) is 0. The highest BCUT2D eigenvalue weighted by Crippen LogP contribution is 2.35. The number of benzene rings is 8. The third-order valence-electron chi connectivity index (χ3n) is 16.8. The normalized spacial score (nSPS) is 10.9. The van der Waals surface area contributed by atoms with Crippen LogP contribution in [0.25, 0.3) is 0 Å². The topological polar surface area (TPSA) is 236 Å². The molecule has 588 valence electrons. The number of phenols is 8. The number of allylic oxidation sites excluding steroid dienone is 6. The fourth-order valence-electron chi connectivity index (χ4n) is 11.0. The minimum Gasteiger partial charge on any atom is -0.504 e. The molecule has 0 amide bonds. The van der Waals surface area contributed by atoms with Gasteiger partial charge in [-0.15, -0.1) is 13.2 Å². The summed E-state index contributed by atoms with van der Waals surface area (Å²) in [6.45, 7) is 28.0. The summed E-state index contributed by atoms with van der Waals surface area (Å²) >= 11 is 0. The van der Waals surface area contributed by atoms with Crippen molar-refractivity contribution < 1.29 is 78.7 Å². The maximum atomic E-state index is 10.1. The molecule has 16 nitrogen and oxygen atoms in total. The van der Waals surface area contributed by atoms with Crippen LogP contribution in [-0.4, -0.2) is 67.3 Å². The molecule has 0 fully saturated rings. The van der Waals surface area contributed by atoms with E-state index in [1.54, 1.807) is 111 Å². The lowest BCUT2D eigenvalue weighted by atomic mass is 10.0. The summed E-state index contributed by atoms with van der Waals surface area (Å²) < 4.78 is 43.5. The summed E-state index contributed by atoms with van der Waals surface area (Å²) in [5.41, 5.74) is 8.63. The van der Waals surface area contributed by atoms with Crippen molar-refractivity contribution in [1.29, 1.82) is 0 Å². The lowest BCUT2D eigenvalue weighted by molar-refractivity contribution is 0.305. The van der Waals surface area contributed by atoms with Gasteiger partial charge < -0.3 is 78.7 Å². The standard InChI is InChI=1S/3C24H30O4.C22H26O4/c3*1-3-5-15-27-23-13-11-19(17-21(23)25)9-7-8-10-20-12-14-24(22(26)18-20)28-16-6-4-2;1-15(2)25-21-11-9-17(13-19(21)23)7-5-6-8-18-10-12-22(20(24)14-18)26-16(3)4/h5-6,11-18,25-26H,3-4,7-10H2,1-2H3;3-6,11-14,17-18,25-26H,7-10,15-16H2,1-2H3;3-4,11-14,17-18,25-26H,1-2,5-10,15-16H2;9-14,23-24H,1,3,5-8H2,2,4H3. The molecule has 110 heavy (non-hydrogen) atoms. The Morgan fingerprint density at radius 1 is 0.309 bits per heavy atom. The molecular weight excluding hydrogens is 1390 g/mol. The molecule has 0 saturated heterocycles. The molecule has 8 aromatic carbocycles. The average molecular weight is 1500 g/mol. The number of aryl methyl sites for hydroxylation is 8. The van der Waals surface area contributed by atoms with Crippen molar-refractivity contribution in [3.05, 3.63) is 289 Å². The predicted molar refractivity (Wildman–Crippen MR) is 444 cm³/mol. The van der Waals surface area contributed by atoms with Crippen LogP contribution >= 0.6 is 0 Å². The Bertz CT molecular complexity index is 3950. The third-order valence-corrected chi connectivity index (χ3v) is 16.8. The molecule has 0 aliphatic rings. The van der Waals surface area contributed by atoms with Gasteiger partial charge in [-0.25, -0.2) is 0 Å².